The molecule has 1 saturated carbocycles. The van der Waals surface area contributed by atoms with Gasteiger partial charge in [0.15, 0.2) is 0 Å². The normalized spacial score (nSPS) is 24.4. The van der Waals surface area contributed by atoms with Gasteiger partial charge >= 0.3 is 6.09 Å². The van der Waals surface area contributed by atoms with Crippen LogP contribution in [-0.4, -0.2) is 41.8 Å². The molecule has 0 saturated heterocycles. The van der Waals surface area contributed by atoms with Crippen LogP contribution in [0.1, 0.15) is 53.4 Å². The summed E-state index contributed by atoms with van der Waals surface area (Å²) in [5.41, 5.74) is -0.424. The van der Waals surface area contributed by atoms with Crippen molar-refractivity contribution in [2.75, 3.05) is 12.0 Å². The first kappa shape index (κ1) is 17.6. The van der Waals surface area contributed by atoms with Gasteiger partial charge in [0.25, 0.3) is 0 Å². The van der Waals surface area contributed by atoms with Gasteiger partial charge in [-0.25, -0.2) is 4.79 Å². The largest absolute Gasteiger partial charge is 0.444 e. The molecule has 5 heteroatoms. The smallest absolute Gasteiger partial charge is 0.407 e. The zero-order valence-electron chi connectivity index (χ0n) is 13.5. The lowest BCUT2D eigenvalue weighted by Gasteiger charge is -2.22. The van der Waals surface area contributed by atoms with Gasteiger partial charge in [0, 0.05) is 18.1 Å². The van der Waals surface area contributed by atoms with Crippen molar-refractivity contribution in [3.8, 4) is 0 Å². The lowest BCUT2D eigenvalue weighted by Crippen LogP contribution is -2.40. The van der Waals surface area contributed by atoms with E-state index in [9.17, 15) is 4.79 Å². The number of ether oxygens (including phenoxy) is 1. The summed E-state index contributed by atoms with van der Waals surface area (Å²) in [5, 5.41) is 6.64. The lowest BCUT2D eigenvalue weighted by atomic mass is 10.2. The van der Waals surface area contributed by atoms with Crippen LogP contribution in [0.3, 0.4) is 0 Å². The third-order valence-corrected chi connectivity index (χ3v) is 4.07. The molecule has 2 N–H and O–H groups in total. The number of carbonyl (C=O) groups excluding carboxylic acids is 1. The van der Waals surface area contributed by atoms with Crippen molar-refractivity contribution in [1.82, 2.24) is 10.6 Å². The number of thioether (sulfide) groups is 1. The van der Waals surface area contributed by atoms with Gasteiger partial charge < -0.3 is 15.4 Å². The van der Waals surface area contributed by atoms with Crippen molar-refractivity contribution in [3.63, 3.8) is 0 Å². The van der Waals surface area contributed by atoms with Crippen LogP contribution in [0.25, 0.3) is 0 Å². The summed E-state index contributed by atoms with van der Waals surface area (Å²) in [4.78, 5) is 11.7. The van der Waals surface area contributed by atoms with Gasteiger partial charge in [0.1, 0.15) is 5.60 Å². The minimum atomic E-state index is -0.424. The number of carbonyl (C=O) groups is 1. The number of alkyl carbamates (subject to hydrolysis) is 1. The topological polar surface area (TPSA) is 50.4 Å². The number of hydrogen-bond acceptors (Lipinski definition) is 4. The Morgan fingerprint density at radius 1 is 1.35 bits per heavy atom. The van der Waals surface area contributed by atoms with E-state index < -0.39 is 5.60 Å². The van der Waals surface area contributed by atoms with Crippen LogP contribution in [-0.2, 0) is 4.74 Å². The van der Waals surface area contributed by atoms with Crippen molar-refractivity contribution < 1.29 is 9.53 Å². The fourth-order valence-corrected chi connectivity index (χ4v) is 3.11. The number of amides is 1. The molecule has 1 fully saturated rings. The Morgan fingerprint density at radius 2 is 2.00 bits per heavy atom. The third-order valence-electron chi connectivity index (χ3n) is 3.43. The van der Waals surface area contributed by atoms with Crippen LogP contribution >= 0.6 is 11.8 Å². The predicted octanol–water partition coefficient (Wildman–Crippen LogP) is 3.16. The monoisotopic (exact) mass is 302 g/mol. The molecule has 118 valence electrons. The van der Waals surface area contributed by atoms with Gasteiger partial charge in [-0.1, -0.05) is 0 Å². The van der Waals surface area contributed by atoms with Crippen molar-refractivity contribution in [2.24, 2.45) is 0 Å². The zero-order valence-corrected chi connectivity index (χ0v) is 14.3. The van der Waals surface area contributed by atoms with Gasteiger partial charge in [-0.05, 0) is 65.4 Å². The molecule has 1 rings (SSSR count). The first-order valence-electron chi connectivity index (χ1n) is 7.54. The molecule has 1 aliphatic rings. The second-order valence-corrected chi connectivity index (χ2v) is 7.69. The zero-order chi connectivity index (χ0) is 15.2. The molecule has 0 aromatic rings. The molecule has 3 unspecified atom stereocenters. The van der Waals surface area contributed by atoms with E-state index in [1.807, 2.05) is 32.5 Å². The minimum Gasteiger partial charge on any atom is -0.444 e. The Morgan fingerprint density at radius 3 is 2.60 bits per heavy atom. The van der Waals surface area contributed by atoms with E-state index in [-0.39, 0.29) is 12.1 Å². The van der Waals surface area contributed by atoms with Crippen molar-refractivity contribution in [3.05, 3.63) is 0 Å². The fraction of sp³-hybridized carbons (Fsp3) is 0.933. The molecule has 0 bridgehead atoms. The summed E-state index contributed by atoms with van der Waals surface area (Å²) < 4.78 is 5.30. The molecule has 1 amide bonds. The fourth-order valence-electron chi connectivity index (χ4n) is 2.52. The van der Waals surface area contributed by atoms with Crippen LogP contribution in [0.4, 0.5) is 4.79 Å². The second-order valence-electron chi connectivity index (χ2n) is 6.70. The van der Waals surface area contributed by atoms with Crippen LogP contribution in [0.5, 0.6) is 0 Å². The Hall–Kier alpha value is -0.420. The van der Waals surface area contributed by atoms with Crippen LogP contribution in [0.2, 0.25) is 0 Å². The van der Waals surface area contributed by atoms with Crippen LogP contribution in [0, 0.1) is 0 Å². The summed E-state index contributed by atoms with van der Waals surface area (Å²) in [6, 6.07) is 1.31. The number of hydrogen-bond donors (Lipinski definition) is 2. The maximum absolute atomic E-state index is 11.7. The SMILES string of the molecule is CSCCC(C)NC1CCC(NC(=O)OC(C)(C)C)C1. The summed E-state index contributed by atoms with van der Waals surface area (Å²) in [5.74, 6) is 1.19. The molecule has 1 aliphatic carbocycles. The quantitative estimate of drug-likeness (QED) is 0.791. The molecule has 3 atom stereocenters. The minimum absolute atomic E-state index is 0.245. The molecular weight excluding hydrogens is 272 g/mol. The highest BCUT2D eigenvalue weighted by Gasteiger charge is 2.28. The van der Waals surface area contributed by atoms with E-state index in [1.54, 1.807) is 0 Å². The van der Waals surface area contributed by atoms with Crippen LogP contribution in [0.15, 0.2) is 0 Å². The second kappa shape index (κ2) is 8.13. The van der Waals surface area contributed by atoms with E-state index in [2.05, 4.69) is 23.8 Å². The number of rotatable bonds is 6. The Balaban J connectivity index is 2.24. The lowest BCUT2D eigenvalue weighted by molar-refractivity contribution is 0.0505. The average Bonchev–Trinajstić information content (AvgIpc) is 2.71. The van der Waals surface area contributed by atoms with Crippen LogP contribution < -0.4 is 10.6 Å². The average molecular weight is 302 g/mol. The van der Waals surface area contributed by atoms with E-state index >= 15 is 0 Å². The first-order valence-corrected chi connectivity index (χ1v) is 8.94. The number of nitrogens with one attached hydrogen (secondary N) is 2. The molecular formula is C15H30N2O2S. The van der Waals surface area contributed by atoms with E-state index in [1.165, 1.54) is 12.2 Å². The molecule has 0 heterocycles. The Kier molecular flexibility index (Phi) is 7.17. The Bertz CT molecular complexity index is 305. The van der Waals surface area contributed by atoms with E-state index in [0.717, 1.165) is 19.3 Å². The summed E-state index contributed by atoms with van der Waals surface area (Å²) >= 11 is 1.89. The maximum Gasteiger partial charge on any atom is 0.407 e. The van der Waals surface area contributed by atoms with Gasteiger partial charge in [-0.3, -0.25) is 0 Å². The summed E-state index contributed by atoms with van der Waals surface area (Å²) in [6.07, 6.45) is 6.21. The van der Waals surface area contributed by atoms with E-state index in [0.29, 0.717) is 12.1 Å². The van der Waals surface area contributed by atoms with Crippen molar-refractivity contribution >= 4 is 17.9 Å². The summed E-state index contributed by atoms with van der Waals surface area (Å²) in [6.45, 7) is 7.90. The Labute approximate surface area is 127 Å². The molecule has 0 aromatic carbocycles. The predicted molar refractivity (Wildman–Crippen MR) is 86.4 cm³/mol. The first-order chi connectivity index (χ1) is 9.30. The van der Waals surface area contributed by atoms with Gasteiger partial charge in [0.05, 0.1) is 0 Å². The molecule has 4 nitrogen and oxygen atoms in total. The van der Waals surface area contributed by atoms with Crippen molar-refractivity contribution in [2.45, 2.75) is 77.1 Å². The third kappa shape index (κ3) is 7.39. The highest BCUT2D eigenvalue weighted by atomic mass is 32.2. The van der Waals surface area contributed by atoms with Gasteiger partial charge in [0.2, 0.25) is 0 Å². The van der Waals surface area contributed by atoms with Gasteiger partial charge in [-0.15, -0.1) is 0 Å². The van der Waals surface area contributed by atoms with Gasteiger partial charge in [-0.2, -0.15) is 11.8 Å². The standard InChI is InChI=1S/C15H30N2O2S/c1-11(8-9-20-5)16-12-6-7-13(10-12)17-14(18)19-15(2,3)4/h11-13,16H,6-10H2,1-5H3,(H,17,18). The molecule has 20 heavy (non-hydrogen) atoms. The molecule has 0 aromatic heterocycles. The van der Waals surface area contributed by atoms with Crippen molar-refractivity contribution in [1.29, 1.82) is 0 Å². The molecule has 0 spiro atoms. The maximum atomic E-state index is 11.7. The van der Waals surface area contributed by atoms with E-state index in [4.69, 9.17) is 4.74 Å². The summed E-state index contributed by atoms with van der Waals surface area (Å²) in [7, 11) is 0. The molecule has 0 aliphatic heterocycles. The highest BCUT2D eigenvalue weighted by molar-refractivity contribution is 7.98. The highest BCUT2D eigenvalue weighted by Crippen LogP contribution is 2.20. The molecule has 0 radical (unpaired) electrons.